The van der Waals surface area contributed by atoms with Crippen molar-refractivity contribution in [3.63, 3.8) is 0 Å². The average Bonchev–Trinajstić information content (AvgIpc) is 2.92. The Hall–Kier alpha value is -1.83. The zero-order valence-corrected chi connectivity index (χ0v) is 15.0. The molecule has 0 radical (unpaired) electrons. The first-order chi connectivity index (χ1) is 12.2. The Balaban J connectivity index is 1.89. The lowest BCUT2D eigenvalue weighted by molar-refractivity contribution is 0.0420. The Morgan fingerprint density at radius 3 is 2.76 bits per heavy atom. The Labute approximate surface area is 149 Å². The van der Waals surface area contributed by atoms with Gasteiger partial charge in [0, 0.05) is 45.9 Å². The predicted molar refractivity (Wildman–Crippen MR) is 99.8 cm³/mol. The molecule has 0 saturated carbocycles. The Morgan fingerprint density at radius 1 is 1.24 bits per heavy atom. The lowest BCUT2D eigenvalue weighted by Crippen LogP contribution is -2.53. The molecule has 138 valence electrons. The smallest absolute Gasteiger partial charge is 0.334 e. The first-order valence-electron chi connectivity index (χ1n) is 9.13. The first kappa shape index (κ1) is 18.0. The summed E-state index contributed by atoms with van der Waals surface area (Å²) >= 11 is 0. The van der Waals surface area contributed by atoms with Crippen LogP contribution < -0.4 is 21.0 Å². The van der Waals surface area contributed by atoms with Crippen LogP contribution in [-0.2, 0) is 4.74 Å². The molecule has 3 N–H and O–H groups in total. The molecule has 2 aliphatic heterocycles. The number of primary amides is 1. The van der Waals surface area contributed by atoms with E-state index in [0.29, 0.717) is 0 Å². The van der Waals surface area contributed by atoms with Crippen LogP contribution in [0.25, 0.3) is 0 Å². The van der Waals surface area contributed by atoms with E-state index in [9.17, 15) is 4.79 Å². The van der Waals surface area contributed by atoms with Crippen LogP contribution in [0.1, 0.15) is 19.3 Å². The summed E-state index contributed by atoms with van der Waals surface area (Å²) in [4.78, 5) is 14.7. The van der Waals surface area contributed by atoms with Gasteiger partial charge >= 0.3 is 6.03 Å². The molecule has 2 amide bonds. The van der Waals surface area contributed by atoms with Gasteiger partial charge in [-0.05, 0) is 37.9 Å². The number of rotatable bonds is 4. The number of amides is 2. The number of hydrogen-bond acceptors (Lipinski definition) is 5. The zero-order chi connectivity index (χ0) is 17.6. The van der Waals surface area contributed by atoms with E-state index >= 15 is 0 Å². The molecule has 1 aromatic rings. The molecule has 25 heavy (non-hydrogen) atoms. The van der Waals surface area contributed by atoms with Crippen LogP contribution in [0.5, 0.6) is 0 Å². The minimum Gasteiger partial charge on any atom is -0.381 e. The van der Waals surface area contributed by atoms with Gasteiger partial charge in [-0.15, -0.1) is 0 Å². The Kier molecular flexibility index (Phi) is 6.12. The summed E-state index contributed by atoms with van der Waals surface area (Å²) in [5, 5.41) is 7.04. The number of nitrogens with one attached hydrogen (secondary N) is 1. The largest absolute Gasteiger partial charge is 0.381 e. The van der Waals surface area contributed by atoms with Crippen molar-refractivity contribution in [3.8, 4) is 0 Å². The van der Waals surface area contributed by atoms with Crippen molar-refractivity contribution in [2.45, 2.75) is 25.3 Å². The van der Waals surface area contributed by atoms with Crippen molar-refractivity contribution in [1.29, 1.82) is 0 Å². The maximum absolute atomic E-state index is 12.3. The SMILES string of the molecule is CN(C1CCOCC1)N(C(N)=O)c1ccccc1N1CCCNCC1. The maximum Gasteiger partial charge on any atom is 0.334 e. The Morgan fingerprint density at radius 2 is 2.00 bits per heavy atom. The van der Waals surface area contributed by atoms with E-state index in [1.165, 1.54) is 0 Å². The van der Waals surface area contributed by atoms with Gasteiger partial charge < -0.3 is 20.7 Å². The molecule has 0 spiro atoms. The van der Waals surface area contributed by atoms with Gasteiger partial charge in [0.2, 0.25) is 0 Å². The van der Waals surface area contributed by atoms with Crippen LogP contribution in [-0.4, -0.2) is 63.5 Å². The van der Waals surface area contributed by atoms with Crippen molar-refractivity contribution < 1.29 is 9.53 Å². The number of hydrazine groups is 1. The zero-order valence-electron chi connectivity index (χ0n) is 15.0. The third-order valence-corrected chi connectivity index (χ3v) is 5.03. The first-order valence-corrected chi connectivity index (χ1v) is 9.13. The fraction of sp³-hybridized carbons (Fsp3) is 0.611. The number of ether oxygens (including phenoxy) is 1. The molecule has 0 aromatic heterocycles. The lowest BCUT2D eigenvalue weighted by atomic mass is 10.1. The van der Waals surface area contributed by atoms with Gasteiger partial charge in [0.05, 0.1) is 11.4 Å². The highest BCUT2D eigenvalue weighted by molar-refractivity contribution is 5.93. The summed E-state index contributed by atoms with van der Waals surface area (Å²) < 4.78 is 5.45. The van der Waals surface area contributed by atoms with E-state index in [0.717, 1.165) is 70.0 Å². The van der Waals surface area contributed by atoms with E-state index < -0.39 is 6.03 Å². The monoisotopic (exact) mass is 347 g/mol. The van der Waals surface area contributed by atoms with Gasteiger partial charge in [-0.2, -0.15) is 0 Å². The van der Waals surface area contributed by atoms with Crippen LogP contribution in [0.4, 0.5) is 16.2 Å². The second-order valence-corrected chi connectivity index (χ2v) is 6.65. The standard InChI is InChI=1S/C18H29N5O2/c1-21(15-7-13-25-14-8-15)23(18(19)24)17-6-3-2-5-16(17)22-11-4-9-20-10-12-22/h2-3,5-6,15,20H,4,7-14H2,1H3,(H2,19,24). The molecule has 2 saturated heterocycles. The molecule has 2 heterocycles. The average molecular weight is 347 g/mol. The number of nitrogens with two attached hydrogens (primary N) is 1. The van der Waals surface area contributed by atoms with E-state index in [4.69, 9.17) is 10.5 Å². The predicted octanol–water partition coefficient (Wildman–Crippen LogP) is 1.40. The van der Waals surface area contributed by atoms with Gasteiger partial charge in [0.25, 0.3) is 0 Å². The summed E-state index contributed by atoms with van der Waals surface area (Å²) in [6.07, 6.45) is 2.88. The normalized spacial score (nSPS) is 19.7. The molecule has 2 fully saturated rings. The summed E-state index contributed by atoms with van der Waals surface area (Å²) in [6, 6.07) is 7.84. The quantitative estimate of drug-likeness (QED) is 0.806. The van der Waals surface area contributed by atoms with E-state index in [1.807, 2.05) is 30.3 Å². The molecule has 7 nitrogen and oxygen atoms in total. The number of hydrogen-bond donors (Lipinski definition) is 2. The third-order valence-electron chi connectivity index (χ3n) is 5.03. The van der Waals surface area contributed by atoms with Crippen molar-refractivity contribution >= 4 is 17.4 Å². The van der Waals surface area contributed by atoms with Crippen molar-refractivity contribution in [3.05, 3.63) is 24.3 Å². The number of carbonyl (C=O) groups is 1. The number of nitrogens with zero attached hydrogens (tertiary/aromatic N) is 3. The fourth-order valence-electron chi connectivity index (χ4n) is 3.66. The summed E-state index contributed by atoms with van der Waals surface area (Å²) in [5.74, 6) is 0. The van der Waals surface area contributed by atoms with Crippen LogP contribution in [0.15, 0.2) is 24.3 Å². The van der Waals surface area contributed by atoms with Crippen LogP contribution in [0.3, 0.4) is 0 Å². The van der Waals surface area contributed by atoms with Gasteiger partial charge in [0.15, 0.2) is 0 Å². The minimum absolute atomic E-state index is 0.250. The molecular weight excluding hydrogens is 318 g/mol. The van der Waals surface area contributed by atoms with Crippen molar-refractivity contribution in [2.75, 3.05) is 56.3 Å². The summed E-state index contributed by atoms with van der Waals surface area (Å²) in [7, 11) is 1.95. The van der Waals surface area contributed by atoms with Crippen molar-refractivity contribution in [2.24, 2.45) is 5.73 Å². The van der Waals surface area contributed by atoms with Crippen LogP contribution >= 0.6 is 0 Å². The highest BCUT2D eigenvalue weighted by Gasteiger charge is 2.29. The second kappa shape index (κ2) is 8.51. The molecule has 2 aliphatic rings. The molecule has 0 bridgehead atoms. The fourth-order valence-corrected chi connectivity index (χ4v) is 3.66. The van der Waals surface area contributed by atoms with Gasteiger partial charge in [0.1, 0.15) is 0 Å². The van der Waals surface area contributed by atoms with Crippen molar-refractivity contribution in [1.82, 2.24) is 10.3 Å². The molecule has 7 heteroatoms. The van der Waals surface area contributed by atoms with Gasteiger partial charge in [-0.3, -0.25) is 0 Å². The summed E-state index contributed by atoms with van der Waals surface area (Å²) in [5.41, 5.74) is 7.70. The number of para-hydroxylation sites is 2. The molecular formula is C18H29N5O2. The van der Waals surface area contributed by atoms with E-state index in [1.54, 1.807) is 5.01 Å². The molecule has 1 aromatic carbocycles. The molecule has 0 unspecified atom stereocenters. The Bertz CT molecular complexity index is 568. The number of carbonyl (C=O) groups excluding carboxylic acids is 1. The molecule has 3 rings (SSSR count). The third kappa shape index (κ3) is 4.23. The molecule has 0 atom stereocenters. The van der Waals surface area contributed by atoms with Crippen LogP contribution in [0, 0.1) is 0 Å². The second-order valence-electron chi connectivity index (χ2n) is 6.65. The summed E-state index contributed by atoms with van der Waals surface area (Å²) in [6.45, 7) is 5.31. The van der Waals surface area contributed by atoms with E-state index in [-0.39, 0.29) is 6.04 Å². The van der Waals surface area contributed by atoms with E-state index in [2.05, 4.69) is 16.3 Å². The van der Waals surface area contributed by atoms with Gasteiger partial charge in [-0.1, -0.05) is 12.1 Å². The number of urea groups is 1. The molecule has 0 aliphatic carbocycles. The topological polar surface area (TPSA) is 74.1 Å². The maximum atomic E-state index is 12.3. The number of benzene rings is 1. The van der Waals surface area contributed by atoms with Crippen LogP contribution in [0.2, 0.25) is 0 Å². The minimum atomic E-state index is -0.450. The lowest BCUT2D eigenvalue weighted by Gasteiger charge is -2.40. The van der Waals surface area contributed by atoms with Gasteiger partial charge in [-0.25, -0.2) is 14.8 Å². The highest BCUT2D eigenvalue weighted by Crippen LogP contribution is 2.32. The highest BCUT2D eigenvalue weighted by atomic mass is 16.5. The number of anilines is 2.